The molecule has 100 valence electrons. The maximum Gasteiger partial charge on any atom is 0.124 e. The lowest BCUT2D eigenvalue weighted by Crippen LogP contribution is -2.37. The van der Waals surface area contributed by atoms with Crippen molar-refractivity contribution in [3.8, 4) is 0 Å². The summed E-state index contributed by atoms with van der Waals surface area (Å²) in [7, 11) is 1.06. The van der Waals surface area contributed by atoms with Crippen molar-refractivity contribution in [2.45, 2.75) is 36.6 Å². The van der Waals surface area contributed by atoms with E-state index in [2.05, 4.69) is 11.9 Å². The molecule has 0 amide bonds. The van der Waals surface area contributed by atoms with Crippen molar-refractivity contribution in [1.82, 2.24) is 4.90 Å². The number of rotatable bonds is 4. The zero-order valence-corrected chi connectivity index (χ0v) is 11.6. The van der Waals surface area contributed by atoms with Crippen molar-refractivity contribution in [2.24, 2.45) is 0 Å². The Morgan fingerprint density at radius 3 is 3.00 bits per heavy atom. The van der Waals surface area contributed by atoms with Gasteiger partial charge in [-0.25, -0.2) is 4.39 Å². The summed E-state index contributed by atoms with van der Waals surface area (Å²) < 4.78 is 25.1. The van der Waals surface area contributed by atoms with Crippen molar-refractivity contribution in [1.29, 1.82) is 0 Å². The molecule has 18 heavy (non-hydrogen) atoms. The van der Waals surface area contributed by atoms with E-state index < -0.39 is 10.8 Å². The lowest BCUT2D eigenvalue weighted by Gasteiger charge is -2.32. The zero-order valence-electron chi connectivity index (χ0n) is 10.8. The summed E-state index contributed by atoms with van der Waals surface area (Å²) in [5, 5.41) is 0. The number of hydrogen-bond donors (Lipinski definition) is 0. The Bertz CT molecular complexity index is 424. The van der Waals surface area contributed by atoms with E-state index >= 15 is 0 Å². The normalized spacial score (nSPS) is 22.9. The van der Waals surface area contributed by atoms with Crippen LogP contribution in [0.1, 0.15) is 25.7 Å². The minimum atomic E-state index is -1.08. The summed E-state index contributed by atoms with van der Waals surface area (Å²) in [6.07, 6.45) is 4.65. The molecule has 2 atom stereocenters. The van der Waals surface area contributed by atoms with E-state index in [-0.39, 0.29) is 5.82 Å². The van der Waals surface area contributed by atoms with E-state index in [1.165, 1.54) is 31.4 Å². The Morgan fingerprint density at radius 2 is 2.28 bits per heavy atom. The number of halogens is 1. The first-order chi connectivity index (χ1) is 8.66. The summed E-state index contributed by atoms with van der Waals surface area (Å²) in [6, 6.07) is 6.66. The third-order valence-electron chi connectivity index (χ3n) is 3.62. The van der Waals surface area contributed by atoms with Gasteiger partial charge in [-0.2, -0.15) is 0 Å². The molecule has 1 aromatic carbocycles. The predicted molar refractivity (Wildman–Crippen MR) is 72.6 cm³/mol. The maximum absolute atomic E-state index is 13.0. The summed E-state index contributed by atoms with van der Waals surface area (Å²) in [5.41, 5.74) is 0. The van der Waals surface area contributed by atoms with Crippen LogP contribution in [0.25, 0.3) is 0 Å². The SMILES string of the molecule is CN1CCCCC1CCS(=O)c1cccc(F)c1. The molecule has 1 fully saturated rings. The molecule has 4 heteroatoms. The third-order valence-corrected chi connectivity index (χ3v) is 5.00. The van der Waals surface area contributed by atoms with E-state index in [1.807, 2.05) is 0 Å². The van der Waals surface area contributed by atoms with Gasteiger partial charge in [0.05, 0.1) is 10.8 Å². The van der Waals surface area contributed by atoms with Crippen LogP contribution in [0.3, 0.4) is 0 Å². The summed E-state index contributed by atoms with van der Waals surface area (Å²) in [6.45, 7) is 1.14. The molecule has 0 saturated carbocycles. The van der Waals surface area contributed by atoms with Crippen LogP contribution >= 0.6 is 0 Å². The lowest BCUT2D eigenvalue weighted by molar-refractivity contribution is 0.182. The lowest BCUT2D eigenvalue weighted by atomic mass is 10.0. The Hall–Kier alpha value is -0.740. The molecule has 0 bridgehead atoms. The van der Waals surface area contributed by atoms with Crippen LogP contribution in [-0.4, -0.2) is 34.5 Å². The van der Waals surface area contributed by atoms with Gasteiger partial charge in [-0.15, -0.1) is 0 Å². The summed E-state index contributed by atoms with van der Waals surface area (Å²) in [4.78, 5) is 2.96. The highest BCUT2D eigenvalue weighted by molar-refractivity contribution is 7.85. The molecule has 1 saturated heterocycles. The largest absolute Gasteiger partial charge is 0.303 e. The number of piperidine rings is 1. The van der Waals surface area contributed by atoms with Crippen LogP contribution in [0, 0.1) is 5.82 Å². The Labute approximate surface area is 111 Å². The number of likely N-dealkylation sites (tertiary alicyclic amines) is 1. The van der Waals surface area contributed by atoms with Crippen molar-refractivity contribution >= 4 is 10.8 Å². The summed E-state index contributed by atoms with van der Waals surface area (Å²) >= 11 is 0. The van der Waals surface area contributed by atoms with Crippen molar-refractivity contribution in [3.05, 3.63) is 30.1 Å². The number of benzene rings is 1. The molecule has 0 radical (unpaired) electrons. The minimum Gasteiger partial charge on any atom is -0.303 e. The number of hydrogen-bond acceptors (Lipinski definition) is 2. The van der Waals surface area contributed by atoms with Gasteiger partial charge in [0.15, 0.2) is 0 Å². The average Bonchev–Trinajstić information content (AvgIpc) is 2.37. The topological polar surface area (TPSA) is 20.3 Å². The van der Waals surface area contributed by atoms with Gasteiger partial charge in [0.1, 0.15) is 5.82 Å². The van der Waals surface area contributed by atoms with Gasteiger partial charge in [-0.3, -0.25) is 4.21 Å². The fourth-order valence-corrected chi connectivity index (χ4v) is 3.67. The Morgan fingerprint density at radius 1 is 1.44 bits per heavy atom. The molecule has 1 heterocycles. The van der Waals surface area contributed by atoms with Crippen LogP contribution in [0.2, 0.25) is 0 Å². The van der Waals surface area contributed by atoms with Crippen LogP contribution in [0.4, 0.5) is 4.39 Å². The van der Waals surface area contributed by atoms with E-state index in [4.69, 9.17) is 0 Å². The molecular weight excluding hydrogens is 249 g/mol. The first-order valence-corrected chi connectivity index (χ1v) is 7.83. The molecule has 1 aliphatic heterocycles. The second-order valence-corrected chi connectivity index (χ2v) is 6.50. The molecule has 2 nitrogen and oxygen atoms in total. The highest BCUT2D eigenvalue weighted by Gasteiger charge is 2.19. The Balaban J connectivity index is 1.88. The second kappa shape index (κ2) is 6.43. The van der Waals surface area contributed by atoms with E-state index in [0.717, 1.165) is 13.0 Å². The summed E-state index contributed by atoms with van der Waals surface area (Å²) in [5.74, 6) is 0.314. The quantitative estimate of drug-likeness (QED) is 0.837. The van der Waals surface area contributed by atoms with Crippen molar-refractivity contribution in [2.75, 3.05) is 19.3 Å². The van der Waals surface area contributed by atoms with Crippen LogP contribution in [0.15, 0.2) is 29.2 Å². The van der Waals surface area contributed by atoms with Gasteiger partial charge in [0, 0.05) is 16.7 Å². The van der Waals surface area contributed by atoms with Gasteiger partial charge in [0.25, 0.3) is 0 Å². The van der Waals surface area contributed by atoms with Crippen LogP contribution < -0.4 is 0 Å². The average molecular weight is 269 g/mol. The molecule has 1 aliphatic rings. The smallest absolute Gasteiger partial charge is 0.124 e. The molecule has 1 aromatic rings. The highest BCUT2D eigenvalue weighted by Crippen LogP contribution is 2.19. The Kier molecular flexibility index (Phi) is 4.89. The maximum atomic E-state index is 13.0. The fourth-order valence-electron chi connectivity index (χ4n) is 2.48. The predicted octanol–water partition coefficient (Wildman–Crippen LogP) is 2.81. The molecule has 0 N–H and O–H groups in total. The van der Waals surface area contributed by atoms with Gasteiger partial charge < -0.3 is 4.90 Å². The van der Waals surface area contributed by atoms with E-state index in [0.29, 0.717) is 16.7 Å². The van der Waals surface area contributed by atoms with Crippen molar-refractivity contribution in [3.63, 3.8) is 0 Å². The molecule has 0 aromatic heterocycles. The minimum absolute atomic E-state index is 0.310. The standard InChI is InChI=1S/C14H20FNOS/c1-16-9-3-2-6-13(16)8-10-18(17)14-7-4-5-12(15)11-14/h4-5,7,11,13H,2-3,6,8-10H2,1H3. The molecular formula is C14H20FNOS. The van der Waals surface area contributed by atoms with Gasteiger partial charge in [-0.05, 0) is 51.1 Å². The third kappa shape index (κ3) is 3.62. The first kappa shape index (κ1) is 13.7. The first-order valence-electron chi connectivity index (χ1n) is 6.51. The van der Waals surface area contributed by atoms with Crippen molar-refractivity contribution < 1.29 is 8.60 Å². The molecule has 0 spiro atoms. The fraction of sp³-hybridized carbons (Fsp3) is 0.571. The van der Waals surface area contributed by atoms with Crippen LogP contribution in [0.5, 0.6) is 0 Å². The van der Waals surface area contributed by atoms with Gasteiger partial charge >= 0.3 is 0 Å². The van der Waals surface area contributed by atoms with Gasteiger partial charge in [0.2, 0.25) is 0 Å². The van der Waals surface area contributed by atoms with E-state index in [1.54, 1.807) is 12.1 Å². The molecule has 0 aliphatic carbocycles. The zero-order chi connectivity index (χ0) is 13.0. The van der Waals surface area contributed by atoms with E-state index in [9.17, 15) is 8.60 Å². The molecule has 2 unspecified atom stereocenters. The highest BCUT2D eigenvalue weighted by atomic mass is 32.2. The van der Waals surface area contributed by atoms with Crippen LogP contribution in [-0.2, 0) is 10.8 Å². The molecule has 2 rings (SSSR count). The number of nitrogens with zero attached hydrogens (tertiary/aromatic N) is 1. The van der Waals surface area contributed by atoms with Gasteiger partial charge in [-0.1, -0.05) is 12.5 Å². The second-order valence-electron chi connectivity index (χ2n) is 4.93. The monoisotopic (exact) mass is 269 g/mol.